The summed E-state index contributed by atoms with van der Waals surface area (Å²) < 4.78 is 7.03. The lowest BCUT2D eigenvalue weighted by atomic mass is 9.90. The number of nitrogens with zero attached hydrogens (tertiary/aromatic N) is 3. The van der Waals surface area contributed by atoms with Gasteiger partial charge in [0.25, 0.3) is 0 Å². The molecule has 0 bridgehead atoms. The second-order valence-electron chi connectivity index (χ2n) is 5.10. The number of hydrogen-bond donors (Lipinski definition) is 2. The van der Waals surface area contributed by atoms with E-state index in [-0.39, 0.29) is 30.7 Å². The molecule has 23 heavy (non-hydrogen) atoms. The summed E-state index contributed by atoms with van der Waals surface area (Å²) in [7, 11) is 0. The first-order valence-corrected chi connectivity index (χ1v) is 6.80. The SMILES string of the molecule is Cl.Cl.NC1(C(=O)Nc2ccc(-n3ccnc3)nc2)CCOCC1. The number of aromatic nitrogens is 3. The molecule has 126 valence electrons. The molecule has 0 aromatic carbocycles. The third-order valence-electron chi connectivity index (χ3n) is 3.61. The number of imidazole rings is 1. The number of anilines is 1. The zero-order chi connectivity index (χ0) is 14.7. The van der Waals surface area contributed by atoms with Gasteiger partial charge in [0.05, 0.1) is 11.9 Å². The van der Waals surface area contributed by atoms with Gasteiger partial charge in [0, 0.05) is 25.6 Å². The quantitative estimate of drug-likeness (QED) is 0.866. The van der Waals surface area contributed by atoms with Crippen molar-refractivity contribution in [3.05, 3.63) is 37.1 Å². The van der Waals surface area contributed by atoms with E-state index in [1.165, 1.54) is 0 Å². The van der Waals surface area contributed by atoms with E-state index in [2.05, 4.69) is 15.3 Å². The van der Waals surface area contributed by atoms with Crippen LogP contribution in [0.5, 0.6) is 0 Å². The molecule has 0 aliphatic carbocycles. The third-order valence-corrected chi connectivity index (χ3v) is 3.61. The number of halogens is 2. The van der Waals surface area contributed by atoms with E-state index in [9.17, 15) is 4.79 Å². The normalized spacial score (nSPS) is 15.9. The first kappa shape index (κ1) is 19.4. The number of hydrogen-bond acceptors (Lipinski definition) is 5. The molecule has 9 heteroatoms. The van der Waals surface area contributed by atoms with E-state index in [0.717, 1.165) is 5.82 Å². The Kier molecular flexibility index (Phi) is 6.96. The topological polar surface area (TPSA) is 95.1 Å². The summed E-state index contributed by atoms with van der Waals surface area (Å²) in [6.07, 6.45) is 7.81. The van der Waals surface area contributed by atoms with Gasteiger partial charge in [-0.2, -0.15) is 0 Å². The van der Waals surface area contributed by atoms with Crippen LogP contribution in [0.4, 0.5) is 5.69 Å². The maximum absolute atomic E-state index is 12.3. The summed E-state index contributed by atoms with van der Waals surface area (Å²) in [5.41, 5.74) is 5.90. The summed E-state index contributed by atoms with van der Waals surface area (Å²) in [4.78, 5) is 20.5. The van der Waals surface area contributed by atoms with Crippen LogP contribution in [0.1, 0.15) is 12.8 Å². The Morgan fingerprint density at radius 3 is 2.61 bits per heavy atom. The van der Waals surface area contributed by atoms with Crippen LogP contribution in [-0.2, 0) is 9.53 Å². The van der Waals surface area contributed by atoms with Gasteiger partial charge in [-0.15, -0.1) is 24.8 Å². The maximum atomic E-state index is 12.3. The largest absolute Gasteiger partial charge is 0.381 e. The molecule has 2 aromatic heterocycles. The van der Waals surface area contributed by atoms with Gasteiger partial charge in [0.1, 0.15) is 17.7 Å². The van der Waals surface area contributed by atoms with Gasteiger partial charge in [-0.05, 0) is 25.0 Å². The molecule has 0 spiro atoms. The first-order chi connectivity index (χ1) is 10.2. The number of carbonyl (C=O) groups excluding carboxylic acids is 1. The van der Waals surface area contributed by atoms with Crippen LogP contribution in [0.3, 0.4) is 0 Å². The second-order valence-corrected chi connectivity index (χ2v) is 5.10. The van der Waals surface area contributed by atoms with Crippen LogP contribution < -0.4 is 11.1 Å². The monoisotopic (exact) mass is 359 g/mol. The first-order valence-electron chi connectivity index (χ1n) is 6.80. The number of rotatable bonds is 3. The Balaban J connectivity index is 0.00000132. The van der Waals surface area contributed by atoms with Crippen LogP contribution in [0.15, 0.2) is 37.1 Å². The zero-order valence-electron chi connectivity index (χ0n) is 12.3. The molecule has 3 N–H and O–H groups in total. The Morgan fingerprint density at radius 2 is 2.04 bits per heavy atom. The van der Waals surface area contributed by atoms with Crippen molar-refractivity contribution in [2.24, 2.45) is 5.73 Å². The molecule has 3 heterocycles. The van der Waals surface area contributed by atoms with Crippen molar-refractivity contribution in [2.75, 3.05) is 18.5 Å². The molecule has 0 unspecified atom stereocenters. The molecule has 1 saturated heterocycles. The smallest absolute Gasteiger partial charge is 0.244 e. The van der Waals surface area contributed by atoms with E-state index in [0.29, 0.717) is 31.7 Å². The fraction of sp³-hybridized carbons (Fsp3) is 0.357. The molecule has 1 amide bonds. The summed E-state index contributed by atoms with van der Waals surface area (Å²) in [6.45, 7) is 1.03. The van der Waals surface area contributed by atoms with E-state index in [1.807, 2.05) is 6.07 Å². The number of pyridine rings is 1. The highest BCUT2D eigenvalue weighted by molar-refractivity contribution is 5.97. The van der Waals surface area contributed by atoms with E-state index >= 15 is 0 Å². The number of carbonyl (C=O) groups is 1. The molecule has 2 aromatic rings. The van der Waals surface area contributed by atoms with E-state index < -0.39 is 5.54 Å². The number of amides is 1. The molecule has 1 aliphatic rings. The Labute approximate surface area is 146 Å². The second kappa shape index (κ2) is 8.26. The highest BCUT2D eigenvalue weighted by Gasteiger charge is 2.35. The van der Waals surface area contributed by atoms with Crippen molar-refractivity contribution in [3.8, 4) is 5.82 Å². The third kappa shape index (κ3) is 4.42. The fourth-order valence-corrected chi connectivity index (χ4v) is 2.23. The summed E-state index contributed by atoms with van der Waals surface area (Å²) in [5, 5.41) is 2.82. The lowest BCUT2D eigenvalue weighted by Gasteiger charge is -2.31. The summed E-state index contributed by atoms with van der Waals surface area (Å²) >= 11 is 0. The van der Waals surface area contributed by atoms with Crippen molar-refractivity contribution in [1.29, 1.82) is 0 Å². The molecule has 0 radical (unpaired) electrons. The van der Waals surface area contributed by atoms with Gasteiger partial charge in [-0.25, -0.2) is 9.97 Å². The Bertz CT molecular complexity index is 613. The van der Waals surface area contributed by atoms with Crippen LogP contribution in [0.2, 0.25) is 0 Å². The summed E-state index contributed by atoms with van der Waals surface area (Å²) in [6, 6.07) is 3.60. The summed E-state index contributed by atoms with van der Waals surface area (Å²) in [5.74, 6) is 0.544. The van der Waals surface area contributed by atoms with E-state index in [1.54, 1.807) is 35.6 Å². The molecule has 1 fully saturated rings. The number of ether oxygens (including phenoxy) is 1. The van der Waals surface area contributed by atoms with Gasteiger partial charge >= 0.3 is 0 Å². The van der Waals surface area contributed by atoms with E-state index in [4.69, 9.17) is 10.5 Å². The fourth-order valence-electron chi connectivity index (χ4n) is 2.23. The zero-order valence-corrected chi connectivity index (χ0v) is 14.0. The number of nitrogens with two attached hydrogens (primary N) is 1. The minimum atomic E-state index is -0.860. The highest BCUT2D eigenvalue weighted by atomic mass is 35.5. The van der Waals surface area contributed by atoms with Crippen molar-refractivity contribution in [1.82, 2.24) is 14.5 Å². The average molecular weight is 360 g/mol. The van der Waals surface area contributed by atoms with Crippen LogP contribution in [-0.4, -0.2) is 39.2 Å². The van der Waals surface area contributed by atoms with Crippen molar-refractivity contribution in [2.45, 2.75) is 18.4 Å². The van der Waals surface area contributed by atoms with Crippen LogP contribution in [0, 0.1) is 0 Å². The van der Waals surface area contributed by atoms with Gasteiger partial charge in [-0.3, -0.25) is 9.36 Å². The molecular formula is C14H19Cl2N5O2. The van der Waals surface area contributed by atoms with Crippen LogP contribution in [0.25, 0.3) is 5.82 Å². The average Bonchev–Trinajstić information content (AvgIpc) is 3.03. The molecule has 7 nitrogen and oxygen atoms in total. The molecule has 0 atom stereocenters. The van der Waals surface area contributed by atoms with Gasteiger partial charge in [-0.1, -0.05) is 0 Å². The lowest BCUT2D eigenvalue weighted by molar-refractivity contribution is -0.124. The molecular weight excluding hydrogens is 341 g/mol. The Morgan fingerprint density at radius 1 is 1.30 bits per heavy atom. The molecule has 3 rings (SSSR count). The van der Waals surface area contributed by atoms with Gasteiger partial charge in [0.2, 0.25) is 5.91 Å². The lowest BCUT2D eigenvalue weighted by Crippen LogP contribution is -2.54. The predicted octanol–water partition coefficient (Wildman–Crippen LogP) is 1.56. The predicted molar refractivity (Wildman–Crippen MR) is 91.5 cm³/mol. The number of nitrogens with one attached hydrogen (secondary N) is 1. The van der Waals surface area contributed by atoms with Crippen molar-refractivity contribution in [3.63, 3.8) is 0 Å². The van der Waals surface area contributed by atoms with Crippen LogP contribution >= 0.6 is 24.8 Å². The van der Waals surface area contributed by atoms with Gasteiger partial charge in [0.15, 0.2) is 0 Å². The Hall–Kier alpha value is -1.67. The van der Waals surface area contributed by atoms with Gasteiger partial charge < -0.3 is 15.8 Å². The minimum Gasteiger partial charge on any atom is -0.381 e. The van der Waals surface area contributed by atoms with Crippen molar-refractivity contribution >= 4 is 36.4 Å². The standard InChI is InChI=1S/C14H17N5O2.2ClH/c15-14(3-7-21-8-4-14)13(20)18-11-1-2-12(17-9-11)19-6-5-16-10-19;;/h1-2,5-6,9-10H,3-4,7-8,15H2,(H,18,20);2*1H. The molecule has 1 aliphatic heterocycles. The molecule has 0 saturated carbocycles. The van der Waals surface area contributed by atoms with Crippen molar-refractivity contribution < 1.29 is 9.53 Å². The minimum absolute atomic E-state index is 0. The maximum Gasteiger partial charge on any atom is 0.244 e. The highest BCUT2D eigenvalue weighted by Crippen LogP contribution is 2.20.